The number of carbonyl (C=O) groups is 1. The first-order chi connectivity index (χ1) is 9.15. The quantitative estimate of drug-likeness (QED) is 0.901. The number of aromatic nitrogens is 1. The first-order valence-corrected chi connectivity index (χ1v) is 7.93. The Bertz CT molecular complexity index is 445. The molecule has 1 aliphatic rings. The summed E-state index contributed by atoms with van der Waals surface area (Å²) < 4.78 is 0. The van der Waals surface area contributed by atoms with Crippen LogP contribution in [0.4, 0.5) is 0 Å². The predicted octanol–water partition coefficient (Wildman–Crippen LogP) is 3.17. The first-order valence-electron chi connectivity index (χ1n) is 7.11. The minimum atomic E-state index is -0.841. The molecular formula is C14H22N2O2S. The number of carboxylic acid groups (broad SMARTS) is 1. The van der Waals surface area contributed by atoms with Gasteiger partial charge in [0, 0.05) is 6.04 Å². The van der Waals surface area contributed by atoms with Crippen molar-refractivity contribution in [1.82, 2.24) is 9.88 Å². The molecule has 2 rings (SSSR count). The molecule has 0 aliphatic carbocycles. The van der Waals surface area contributed by atoms with Gasteiger partial charge in [0.05, 0.1) is 12.2 Å². The second-order valence-electron chi connectivity index (χ2n) is 5.07. The van der Waals surface area contributed by atoms with Crippen LogP contribution in [0.25, 0.3) is 0 Å². The number of aromatic carboxylic acids is 1. The van der Waals surface area contributed by atoms with Crippen LogP contribution in [-0.2, 0) is 13.0 Å². The normalized spacial score (nSPS) is 20.6. The van der Waals surface area contributed by atoms with Crippen LogP contribution in [0.2, 0.25) is 0 Å². The van der Waals surface area contributed by atoms with E-state index in [0.717, 1.165) is 30.2 Å². The summed E-state index contributed by atoms with van der Waals surface area (Å²) in [7, 11) is 0. The lowest BCUT2D eigenvalue weighted by molar-refractivity contribution is 0.0701. The fraction of sp³-hybridized carbons (Fsp3) is 0.714. The zero-order chi connectivity index (χ0) is 13.8. The van der Waals surface area contributed by atoms with Crippen molar-refractivity contribution in [1.29, 1.82) is 0 Å². The molecule has 0 aromatic carbocycles. The van der Waals surface area contributed by atoms with Gasteiger partial charge in [-0.25, -0.2) is 9.78 Å². The van der Waals surface area contributed by atoms with Gasteiger partial charge in [0.1, 0.15) is 9.88 Å². The molecule has 0 amide bonds. The molecule has 1 aliphatic heterocycles. The van der Waals surface area contributed by atoms with Gasteiger partial charge < -0.3 is 5.11 Å². The smallest absolute Gasteiger partial charge is 0.347 e. The van der Waals surface area contributed by atoms with Crippen LogP contribution in [0.3, 0.4) is 0 Å². The molecule has 1 aromatic rings. The number of carboxylic acids is 1. The topological polar surface area (TPSA) is 53.4 Å². The Labute approximate surface area is 118 Å². The van der Waals surface area contributed by atoms with E-state index in [4.69, 9.17) is 0 Å². The van der Waals surface area contributed by atoms with Crippen LogP contribution in [-0.4, -0.2) is 33.5 Å². The van der Waals surface area contributed by atoms with E-state index in [0.29, 0.717) is 17.3 Å². The molecule has 1 aromatic heterocycles. The van der Waals surface area contributed by atoms with Gasteiger partial charge in [-0.05, 0) is 32.2 Å². The molecule has 19 heavy (non-hydrogen) atoms. The molecular weight excluding hydrogens is 260 g/mol. The van der Waals surface area contributed by atoms with Crippen molar-refractivity contribution in [2.75, 3.05) is 6.54 Å². The first kappa shape index (κ1) is 14.5. The summed E-state index contributed by atoms with van der Waals surface area (Å²) in [5.74, 6) is -0.841. The Morgan fingerprint density at radius 3 is 2.84 bits per heavy atom. The largest absolute Gasteiger partial charge is 0.477 e. The van der Waals surface area contributed by atoms with E-state index in [1.165, 1.54) is 30.6 Å². The van der Waals surface area contributed by atoms with E-state index in [2.05, 4.69) is 16.8 Å². The van der Waals surface area contributed by atoms with Gasteiger partial charge in [-0.2, -0.15) is 0 Å². The van der Waals surface area contributed by atoms with Crippen LogP contribution >= 0.6 is 11.3 Å². The fourth-order valence-corrected chi connectivity index (χ4v) is 3.80. The predicted molar refractivity (Wildman–Crippen MR) is 76.8 cm³/mol. The monoisotopic (exact) mass is 282 g/mol. The Balaban J connectivity index is 2.11. The number of hydrogen-bond acceptors (Lipinski definition) is 4. The highest BCUT2D eigenvalue weighted by molar-refractivity contribution is 7.13. The highest BCUT2D eigenvalue weighted by Crippen LogP contribution is 2.25. The highest BCUT2D eigenvalue weighted by Gasteiger charge is 2.23. The third-order valence-electron chi connectivity index (χ3n) is 3.83. The summed E-state index contributed by atoms with van der Waals surface area (Å²) in [5, 5.41) is 10.1. The van der Waals surface area contributed by atoms with Gasteiger partial charge >= 0.3 is 5.97 Å². The lowest BCUT2D eigenvalue weighted by Gasteiger charge is -2.34. The summed E-state index contributed by atoms with van der Waals surface area (Å²) in [6.07, 6.45) is 5.67. The SMILES string of the molecule is CCc1nc(CN2CCCCC2CC)sc1C(=O)O. The fourth-order valence-electron chi connectivity index (χ4n) is 2.78. The minimum Gasteiger partial charge on any atom is -0.477 e. The Hall–Kier alpha value is -0.940. The van der Waals surface area contributed by atoms with Gasteiger partial charge in [-0.3, -0.25) is 4.90 Å². The second kappa shape index (κ2) is 6.48. The van der Waals surface area contributed by atoms with E-state index in [1.54, 1.807) is 0 Å². The molecule has 0 saturated carbocycles. The number of aryl methyl sites for hydroxylation is 1. The zero-order valence-electron chi connectivity index (χ0n) is 11.7. The highest BCUT2D eigenvalue weighted by atomic mass is 32.1. The number of thiazole rings is 1. The Kier molecular flexibility index (Phi) is 4.93. The summed E-state index contributed by atoms with van der Waals surface area (Å²) in [4.78, 5) is 18.6. The van der Waals surface area contributed by atoms with Crippen molar-refractivity contribution in [3.05, 3.63) is 15.6 Å². The molecule has 0 spiro atoms. The molecule has 1 saturated heterocycles. The Morgan fingerprint density at radius 2 is 2.26 bits per heavy atom. The molecule has 5 heteroatoms. The summed E-state index contributed by atoms with van der Waals surface area (Å²) >= 11 is 1.35. The second-order valence-corrected chi connectivity index (χ2v) is 6.15. The van der Waals surface area contributed by atoms with Crippen molar-refractivity contribution in [3.63, 3.8) is 0 Å². The molecule has 1 atom stereocenters. The summed E-state index contributed by atoms with van der Waals surface area (Å²) in [6.45, 7) is 6.11. The number of piperidine rings is 1. The minimum absolute atomic E-state index is 0.419. The van der Waals surface area contributed by atoms with Crippen LogP contribution in [0, 0.1) is 0 Å². The third kappa shape index (κ3) is 3.34. The standard InChI is InChI=1S/C14H22N2O2S/c1-3-10-7-5-6-8-16(10)9-12-15-11(4-2)13(19-12)14(17)18/h10H,3-9H2,1-2H3,(H,17,18). The van der Waals surface area contributed by atoms with Gasteiger partial charge in [-0.15, -0.1) is 11.3 Å². The maximum atomic E-state index is 11.2. The molecule has 4 nitrogen and oxygen atoms in total. The van der Waals surface area contributed by atoms with E-state index < -0.39 is 5.97 Å². The van der Waals surface area contributed by atoms with Gasteiger partial charge in [-0.1, -0.05) is 20.3 Å². The van der Waals surface area contributed by atoms with Gasteiger partial charge in [0.2, 0.25) is 0 Å². The zero-order valence-corrected chi connectivity index (χ0v) is 12.5. The lowest BCUT2D eigenvalue weighted by atomic mass is 10.0. The molecule has 1 N–H and O–H groups in total. The molecule has 0 bridgehead atoms. The van der Waals surface area contributed by atoms with Crippen LogP contribution in [0.5, 0.6) is 0 Å². The Morgan fingerprint density at radius 1 is 1.47 bits per heavy atom. The van der Waals surface area contributed by atoms with E-state index in [1.807, 2.05) is 6.92 Å². The average Bonchev–Trinajstić information content (AvgIpc) is 2.82. The van der Waals surface area contributed by atoms with E-state index in [-0.39, 0.29) is 0 Å². The van der Waals surface area contributed by atoms with E-state index >= 15 is 0 Å². The molecule has 1 fully saturated rings. The van der Waals surface area contributed by atoms with Crippen molar-refractivity contribution in [2.24, 2.45) is 0 Å². The maximum Gasteiger partial charge on any atom is 0.347 e. The third-order valence-corrected chi connectivity index (χ3v) is 4.90. The molecule has 0 radical (unpaired) electrons. The maximum absolute atomic E-state index is 11.2. The van der Waals surface area contributed by atoms with Crippen LogP contribution in [0.1, 0.15) is 59.9 Å². The van der Waals surface area contributed by atoms with Crippen molar-refractivity contribution in [2.45, 2.75) is 58.5 Å². The van der Waals surface area contributed by atoms with Crippen molar-refractivity contribution >= 4 is 17.3 Å². The van der Waals surface area contributed by atoms with Crippen LogP contribution in [0.15, 0.2) is 0 Å². The van der Waals surface area contributed by atoms with Gasteiger partial charge in [0.15, 0.2) is 0 Å². The number of rotatable bonds is 5. The van der Waals surface area contributed by atoms with Crippen LogP contribution < -0.4 is 0 Å². The van der Waals surface area contributed by atoms with Crippen molar-refractivity contribution in [3.8, 4) is 0 Å². The average molecular weight is 282 g/mol. The number of hydrogen-bond donors (Lipinski definition) is 1. The number of nitrogens with zero attached hydrogens (tertiary/aromatic N) is 2. The number of likely N-dealkylation sites (tertiary alicyclic amines) is 1. The molecule has 1 unspecified atom stereocenters. The van der Waals surface area contributed by atoms with Crippen molar-refractivity contribution < 1.29 is 9.90 Å². The molecule has 2 heterocycles. The van der Waals surface area contributed by atoms with Gasteiger partial charge in [0.25, 0.3) is 0 Å². The summed E-state index contributed by atoms with van der Waals surface area (Å²) in [6, 6.07) is 0.635. The lowest BCUT2D eigenvalue weighted by Crippen LogP contribution is -2.38. The molecule has 106 valence electrons. The summed E-state index contributed by atoms with van der Waals surface area (Å²) in [5.41, 5.74) is 0.734. The van der Waals surface area contributed by atoms with E-state index in [9.17, 15) is 9.90 Å².